The smallest absolute Gasteiger partial charge is 0.433 e. The number of carbonyl (C=O) groups is 1. The minimum Gasteiger partial charge on any atom is -0.433 e. The second-order valence-corrected chi connectivity index (χ2v) is 5.28. The fraction of sp³-hybridized carbons (Fsp3) is 0.200. The molecule has 0 saturated carbocycles. The lowest BCUT2D eigenvalue weighted by molar-refractivity contribution is 0.105. The number of ether oxygens (including phenoxy) is 2. The molecule has 18 heavy (non-hydrogen) atoms. The van der Waals surface area contributed by atoms with Gasteiger partial charge in [0.2, 0.25) is 0 Å². The number of hydrogen-bond acceptors (Lipinski definition) is 6. The third-order valence-corrected chi connectivity index (χ3v) is 3.44. The summed E-state index contributed by atoms with van der Waals surface area (Å²) in [5, 5.41) is 0. The van der Waals surface area contributed by atoms with E-state index in [-0.39, 0.29) is 18.2 Å². The summed E-state index contributed by atoms with van der Waals surface area (Å²) >= 11 is 9.50. The molecule has 0 aliphatic heterocycles. The zero-order chi connectivity index (χ0) is 13.1. The first kappa shape index (κ1) is 13.4. The Morgan fingerprint density at radius 1 is 1.50 bits per heavy atom. The maximum atomic E-state index is 11.3. The largest absolute Gasteiger partial charge is 0.513 e. The second kappa shape index (κ2) is 5.73. The van der Waals surface area contributed by atoms with E-state index in [2.05, 4.69) is 20.7 Å². The van der Waals surface area contributed by atoms with Crippen molar-refractivity contribution in [3.63, 3.8) is 0 Å². The zero-order valence-corrected chi connectivity index (χ0v) is 11.9. The molecule has 0 amide bonds. The number of alkyl halides is 1. The molecule has 0 spiro atoms. The predicted octanol–water partition coefficient (Wildman–Crippen LogP) is 3.37. The molecule has 0 fully saturated rings. The van der Waals surface area contributed by atoms with Crippen LogP contribution in [0.15, 0.2) is 25.8 Å². The van der Waals surface area contributed by atoms with Gasteiger partial charge in [-0.2, -0.15) is 0 Å². The third-order valence-electron chi connectivity index (χ3n) is 1.88. The Balaban J connectivity index is 2.24. The normalized spacial score (nSPS) is 10.6. The van der Waals surface area contributed by atoms with Gasteiger partial charge in [-0.3, -0.25) is 0 Å². The summed E-state index contributed by atoms with van der Waals surface area (Å²) < 4.78 is 15.6. The van der Waals surface area contributed by atoms with Crippen molar-refractivity contribution in [3.8, 4) is 5.75 Å². The molecule has 2 rings (SSSR count). The maximum Gasteiger partial charge on any atom is 0.513 e. The topological polar surface area (TPSA) is 65.7 Å². The highest BCUT2D eigenvalue weighted by molar-refractivity contribution is 9.10. The molecule has 0 radical (unpaired) electrons. The average Bonchev–Trinajstić information content (AvgIpc) is 2.66. The zero-order valence-electron chi connectivity index (χ0n) is 8.77. The van der Waals surface area contributed by atoms with Crippen LogP contribution in [0, 0.1) is 0 Å². The van der Waals surface area contributed by atoms with Gasteiger partial charge in [0, 0.05) is 12.1 Å². The molecule has 0 aliphatic rings. The fourth-order valence-electron chi connectivity index (χ4n) is 1.20. The highest BCUT2D eigenvalue weighted by Crippen LogP contribution is 2.31. The van der Waals surface area contributed by atoms with Crippen molar-refractivity contribution in [3.05, 3.63) is 26.3 Å². The molecule has 5 nitrogen and oxygen atoms in total. The van der Waals surface area contributed by atoms with E-state index in [0.717, 1.165) is 11.3 Å². The van der Waals surface area contributed by atoms with Crippen LogP contribution in [0.5, 0.6) is 5.75 Å². The van der Waals surface area contributed by atoms with Gasteiger partial charge in [0.25, 0.3) is 0 Å². The predicted molar refractivity (Wildman–Crippen MR) is 70.8 cm³/mol. The van der Waals surface area contributed by atoms with Crippen LogP contribution in [0.3, 0.4) is 0 Å². The number of hydrogen-bond donors (Lipinski definition) is 0. The first-order valence-corrected chi connectivity index (χ1v) is 6.88. The number of benzene rings is 1. The summed E-state index contributed by atoms with van der Waals surface area (Å²) in [5.41, 5.74) is 0.429. The number of halogens is 2. The Morgan fingerprint density at radius 3 is 3.00 bits per heavy atom. The van der Waals surface area contributed by atoms with Crippen LogP contribution in [-0.2, 0) is 4.74 Å². The monoisotopic (exact) mass is 352 g/mol. The third kappa shape index (κ3) is 3.04. The summed E-state index contributed by atoms with van der Waals surface area (Å²) in [5.74, 6) is 0.442. The summed E-state index contributed by atoms with van der Waals surface area (Å²) in [6.45, 7) is 0.0687. The van der Waals surface area contributed by atoms with Crippen LogP contribution in [0.25, 0.3) is 10.3 Å². The molecule has 0 N–H and O–H groups in total. The van der Waals surface area contributed by atoms with E-state index in [1.54, 1.807) is 6.07 Å². The molecule has 0 bridgehead atoms. The first-order chi connectivity index (χ1) is 8.60. The summed E-state index contributed by atoms with van der Waals surface area (Å²) in [7, 11) is 0. The molecule has 0 saturated heterocycles. The van der Waals surface area contributed by atoms with Gasteiger partial charge >= 0.3 is 11.1 Å². The molecular weight excluding hydrogens is 348 g/mol. The second-order valence-electron chi connectivity index (χ2n) is 3.07. The maximum absolute atomic E-state index is 11.3. The van der Waals surface area contributed by atoms with E-state index in [1.165, 1.54) is 6.07 Å². The molecular formula is C10H6BrClO5S. The van der Waals surface area contributed by atoms with Crippen molar-refractivity contribution in [1.29, 1.82) is 0 Å². The van der Waals surface area contributed by atoms with Gasteiger partial charge in [-0.05, 0) is 15.9 Å². The van der Waals surface area contributed by atoms with Crippen LogP contribution in [0.4, 0.5) is 4.79 Å². The fourth-order valence-corrected chi connectivity index (χ4v) is 2.35. The quantitative estimate of drug-likeness (QED) is 0.481. The Morgan fingerprint density at radius 2 is 2.28 bits per heavy atom. The highest BCUT2D eigenvalue weighted by Gasteiger charge is 2.13. The van der Waals surface area contributed by atoms with E-state index in [0.29, 0.717) is 14.8 Å². The highest BCUT2D eigenvalue weighted by atomic mass is 79.9. The summed E-state index contributed by atoms with van der Waals surface area (Å²) in [4.78, 5) is 21.9. The van der Waals surface area contributed by atoms with E-state index in [1.807, 2.05) is 0 Å². The molecule has 1 heterocycles. The first-order valence-electron chi connectivity index (χ1n) is 4.74. The van der Waals surface area contributed by atoms with Gasteiger partial charge in [-0.15, -0.1) is 11.6 Å². The Kier molecular flexibility index (Phi) is 4.26. The minimum atomic E-state index is -0.855. The average molecular weight is 354 g/mol. The molecule has 8 heteroatoms. The minimum absolute atomic E-state index is 0.0687. The van der Waals surface area contributed by atoms with Crippen LogP contribution in [0.1, 0.15) is 0 Å². The molecule has 1 aromatic heterocycles. The molecule has 2 aromatic rings. The van der Waals surface area contributed by atoms with Crippen molar-refractivity contribution in [2.24, 2.45) is 0 Å². The Bertz CT molecular complexity index is 635. The SMILES string of the molecule is O=C(OCCCl)Oc1cc2sc(=O)oc2cc1Br. The van der Waals surface area contributed by atoms with Crippen LogP contribution < -0.4 is 9.68 Å². The van der Waals surface area contributed by atoms with Gasteiger partial charge in [0.15, 0.2) is 5.58 Å². The van der Waals surface area contributed by atoms with E-state index >= 15 is 0 Å². The van der Waals surface area contributed by atoms with Gasteiger partial charge in [-0.25, -0.2) is 9.59 Å². The van der Waals surface area contributed by atoms with Crippen molar-refractivity contribution in [2.75, 3.05) is 12.5 Å². The van der Waals surface area contributed by atoms with Gasteiger partial charge < -0.3 is 13.9 Å². The number of carbonyl (C=O) groups excluding carboxylic acids is 1. The summed E-state index contributed by atoms with van der Waals surface area (Å²) in [6, 6.07) is 3.08. The van der Waals surface area contributed by atoms with Crippen molar-refractivity contribution >= 4 is 55.3 Å². The van der Waals surface area contributed by atoms with E-state index in [4.69, 9.17) is 20.8 Å². The van der Waals surface area contributed by atoms with E-state index in [9.17, 15) is 9.59 Å². The standard InChI is InChI=1S/C10H6BrClO5S/c11-5-3-7-8(18-10(14)17-7)4-6(5)16-9(13)15-2-1-12/h3-4H,1-2H2. The van der Waals surface area contributed by atoms with Gasteiger partial charge in [0.1, 0.15) is 12.4 Å². The van der Waals surface area contributed by atoms with Gasteiger partial charge in [-0.1, -0.05) is 11.3 Å². The van der Waals surface area contributed by atoms with Gasteiger partial charge in [0.05, 0.1) is 15.1 Å². The molecule has 0 unspecified atom stereocenters. The van der Waals surface area contributed by atoms with E-state index < -0.39 is 11.1 Å². The van der Waals surface area contributed by atoms with Crippen molar-refractivity contribution < 1.29 is 18.7 Å². The number of rotatable bonds is 3. The molecule has 96 valence electrons. The molecule has 0 atom stereocenters. The van der Waals surface area contributed by atoms with Crippen molar-refractivity contribution in [1.82, 2.24) is 0 Å². The lowest BCUT2D eigenvalue weighted by Gasteiger charge is -2.05. The van der Waals surface area contributed by atoms with Crippen LogP contribution >= 0.6 is 38.9 Å². The lowest BCUT2D eigenvalue weighted by atomic mass is 10.3. The van der Waals surface area contributed by atoms with Crippen LogP contribution in [-0.4, -0.2) is 18.6 Å². The molecule has 1 aromatic carbocycles. The van der Waals surface area contributed by atoms with Crippen LogP contribution in [0.2, 0.25) is 0 Å². The number of fused-ring (bicyclic) bond motifs is 1. The lowest BCUT2D eigenvalue weighted by Crippen LogP contribution is -2.12. The Hall–Kier alpha value is -1.05. The van der Waals surface area contributed by atoms with Crippen molar-refractivity contribution in [2.45, 2.75) is 0 Å². The molecule has 0 aliphatic carbocycles. The summed E-state index contributed by atoms with van der Waals surface area (Å²) in [6.07, 6.45) is -0.855. The Labute approximate surface area is 118 Å².